The summed E-state index contributed by atoms with van der Waals surface area (Å²) in [5.41, 5.74) is 12.2. The maximum absolute atomic E-state index is 5.89. The van der Waals surface area contributed by atoms with Crippen molar-refractivity contribution in [1.82, 2.24) is 4.37 Å². The van der Waals surface area contributed by atoms with Gasteiger partial charge in [0.15, 0.2) is 0 Å². The molecule has 3 N–H and O–H groups in total. The van der Waals surface area contributed by atoms with Gasteiger partial charge in [0.1, 0.15) is 5.00 Å². The zero-order chi connectivity index (χ0) is 13.1. The van der Waals surface area contributed by atoms with E-state index in [9.17, 15) is 0 Å². The minimum Gasteiger partial charge on any atom is -0.389 e. The summed E-state index contributed by atoms with van der Waals surface area (Å²) in [7, 11) is 0. The van der Waals surface area contributed by atoms with Crippen molar-refractivity contribution in [3.8, 4) is 0 Å². The van der Waals surface area contributed by atoms with Crippen molar-refractivity contribution in [2.24, 2.45) is 5.10 Å². The normalized spacial score (nSPS) is 11.6. The first-order valence-electron chi connectivity index (χ1n) is 5.36. The second-order valence-corrected chi connectivity index (χ2v) is 5.07. The van der Waals surface area contributed by atoms with Crippen LogP contribution in [0.1, 0.15) is 18.2 Å². The molecular formula is C12H13ClN4S. The van der Waals surface area contributed by atoms with Crippen molar-refractivity contribution >= 4 is 39.5 Å². The van der Waals surface area contributed by atoms with Gasteiger partial charge in [-0.2, -0.15) is 9.47 Å². The fourth-order valence-electron chi connectivity index (χ4n) is 1.59. The molecule has 94 valence electrons. The number of hydrazone groups is 1. The van der Waals surface area contributed by atoms with Gasteiger partial charge in [-0.3, -0.25) is 5.43 Å². The van der Waals surface area contributed by atoms with E-state index in [1.165, 1.54) is 11.5 Å². The van der Waals surface area contributed by atoms with E-state index in [2.05, 4.69) is 14.9 Å². The van der Waals surface area contributed by atoms with Gasteiger partial charge in [0.05, 0.1) is 22.7 Å². The molecule has 1 heterocycles. The van der Waals surface area contributed by atoms with E-state index in [1.54, 1.807) is 6.07 Å². The largest absolute Gasteiger partial charge is 0.389 e. The molecule has 0 radical (unpaired) electrons. The van der Waals surface area contributed by atoms with Crippen molar-refractivity contribution in [3.05, 3.63) is 40.5 Å². The highest BCUT2D eigenvalue weighted by Gasteiger charge is 2.10. The first kappa shape index (κ1) is 12.9. The Balaban J connectivity index is 2.20. The van der Waals surface area contributed by atoms with Crippen LogP contribution in [0, 0.1) is 6.92 Å². The summed E-state index contributed by atoms with van der Waals surface area (Å²) >= 11 is 7.17. The molecule has 2 aromatic rings. The highest BCUT2D eigenvalue weighted by molar-refractivity contribution is 7.10. The van der Waals surface area contributed by atoms with Crippen LogP contribution in [-0.4, -0.2) is 10.1 Å². The van der Waals surface area contributed by atoms with Gasteiger partial charge in [0.25, 0.3) is 0 Å². The Hall–Kier alpha value is -1.59. The maximum Gasteiger partial charge on any atom is 0.116 e. The lowest BCUT2D eigenvalue weighted by atomic mass is 10.2. The van der Waals surface area contributed by atoms with E-state index in [-0.39, 0.29) is 0 Å². The van der Waals surface area contributed by atoms with E-state index in [0.29, 0.717) is 10.0 Å². The number of rotatable bonds is 3. The van der Waals surface area contributed by atoms with Crippen LogP contribution in [0.3, 0.4) is 0 Å². The summed E-state index contributed by atoms with van der Waals surface area (Å²) in [6.45, 7) is 3.81. The highest BCUT2D eigenvalue weighted by Crippen LogP contribution is 2.22. The fraction of sp³-hybridized carbons (Fsp3) is 0.167. The first-order chi connectivity index (χ1) is 8.58. The number of hydrogen-bond donors (Lipinski definition) is 2. The summed E-state index contributed by atoms with van der Waals surface area (Å²) in [6.07, 6.45) is 0. The van der Waals surface area contributed by atoms with Gasteiger partial charge in [-0.25, -0.2) is 0 Å². The number of nitrogen functional groups attached to an aromatic ring is 1. The molecule has 0 aliphatic heterocycles. The van der Waals surface area contributed by atoms with Gasteiger partial charge in [-0.1, -0.05) is 17.7 Å². The van der Waals surface area contributed by atoms with E-state index in [0.717, 1.165) is 22.7 Å². The molecule has 0 aliphatic rings. The second-order valence-electron chi connectivity index (χ2n) is 3.83. The molecule has 0 fully saturated rings. The molecule has 0 spiro atoms. The lowest BCUT2D eigenvalue weighted by molar-refractivity contribution is 1.29. The third-order valence-corrected chi connectivity index (χ3v) is 3.43. The van der Waals surface area contributed by atoms with Gasteiger partial charge < -0.3 is 5.73 Å². The molecule has 2 rings (SSSR count). The molecule has 0 aliphatic carbocycles. The average molecular weight is 281 g/mol. The topological polar surface area (TPSA) is 63.3 Å². The Bertz CT molecular complexity index is 572. The third kappa shape index (κ3) is 2.80. The molecule has 1 aromatic heterocycles. The van der Waals surface area contributed by atoms with Crippen LogP contribution in [0.2, 0.25) is 5.02 Å². The SMILES string of the molecule is C/C(=N/Nc1cccc(Cl)c1)c1c(C)nsc1N. The molecule has 6 heteroatoms. The van der Waals surface area contributed by atoms with E-state index >= 15 is 0 Å². The van der Waals surface area contributed by atoms with Crippen molar-refractivity contribution in [2.75, 3.05) is 11.2 Å². The number of nitrogens with zero attached hydrogens (tertiary/aromatic N) is 2. The van der Waals surface area contributed by atoms with Crippen LogP contribution in [-0.2, 0) is 0 Å². The van der Waals surface area contributed by atoms with E-state index < -0.39 is 0 Å². The Kier molecular flexibility index (Phi) is 3.84. The van der Waals surface area contributed by atoms with Crippen LogP contribution in [0.5, 0.6) is 0 Å². The van der Waals surface area contributed by atoms with Crippen LogP contribution in [0.15, 0.2) is 29.4 Å². The van der Waals surface area contributed by atoms with Crippen molar-refractivity contribution in [3.63, 3.8) is 0 Å². The highest BCUT2D eigenvalue weighted by atomic mass is 35.5. The molecule has 0 amide bonds. The molecule has 0 saturated carbocycles. The number of anilines is 2. The van der Waals surface area contributed by atoms with E-state index in [4.69, 9.17) is 17.3 Å². The van der Waals surface area contributed by atoms with Gasteiger partial charge in [0.2, 0.25) is 0 Å². The van der Waals surface area contributed by atoms with Gasteiger partial charge >= 0.3 is 0 Å². The predicted molar refractivity (Wildman–Crippen MR) is 78.5 cm³/mol. The summed E-state index contributed by atoms with van der Waals surface area (Å²) < 4.78 is 4.19. The van der Waals surface area contributed by atoms with Gasteiger partial charge in [-0.15, -0.1) is 0 Å². The zero-order valence-electron chi connectivity index (χ0n) is 10.1. The Morgan fingerprint density at radius 1 is 1.50 bits per heavy atom. The Morgan fingerprint density at radius 2 is 2.28 bits per heavy atom. The van der Waals surface area contributed by atoms with Crippen molar-refractivity contribution < 1.29 is 0 Å². The lowest BCUT2D eigenvalue weighted by Gasteiger charge is -2.04. The minimum atomic E-state index is 0.667. The second kappa shape index (κ2) is 5.37. The number of halogens is 1. The summed E-state index contributed by atoms with van der Waals surface area (Å²) in [6, 6.07) is 7.38. The average Bonchev–Trinajstić information content (AvgIpc) is 2.66. The van der Waals surface area contributed by atoms with Gasteiger partial charge in [-0.05, 0) is 43.6 Å². The monoisotopic (exact) mass is 280 g/mol. The standard InChI is InChI=1S/C12H13ClN4S/c1-7(11-8(2)17-18-12(11)14)15-16-10-5-3-4-9(13)6-10/h3-6,16H,14H2,1-2H3/b15-7-. The first-order valence-corrected chi connectivity index (χ1v) is 6.51. The number of benzene rings is 1. The maximum atomic E-state index is 5.89. The summed E-state index contributed by atoms with van der Waals surface area (Å²) in [5, 5.41) is 5.64. The lowest BCUT2D eigenvalue weighted by Crippen LogP contribution is -2.03. The number of nitrogens with one attached hydrogen (secondary N) is 1. The molecule has 4 nitrogen and oxygen atoms in total. The minimum absolute atomic E-state index is 0.667. The number of aryl methyl sites for hydroxylation is 1. The van der Waals surface area contributed by atoms with Crippen molar-refractivity contribution in [2.45, 2.75) is 13.8 Å². The molecule has 1 aromatic carbocycles. The third-order valence-electron chi connectivity index (χ3n) is 2.43. The molecular weight excluding hydrogens is 268 g/mol. The Morgan fingerprint density at radius 3 is 2.89 bits per heavy atom. The quantitative estimate of drug-likeness (QED) is 0.668. The molecule has 18 heavy (non-hydrogen) atoms. The van der Waals surface area contributed by atoms with Gasteiger partial charge in [0, 0.05) is 5.02 Å². The van der Waals surface area contributed by atoms with Crippen LogP contribution >= 0.6 is 23.1 Å². The molecule has 0 bridgehead atoms. The van der Waals surface area contributed by atoms with Crippen LogP contribution in [0.4, 0.5) is 10.7 Å². The molecule has 0 unspecified atom stereocenters. The summed E-state index contributed by atoms with van der Waals surface area (Å²) in [5.74, 6) is 0. The van der Waals surface area contributed by atoms with Crippen LogP contribution in [0.25, 0.3) is 0 Å². The summed E-state index contributed by atoms with van der Waals surface area (Å²) in [4.78, 5) is 0. The number of aromatic nitrogens is 1. The van der Waals surface area contributed by atoms with Crippen molar-refractivity contribution in [1.29, 1.82) is 0 Å². The Labute approximate surface area is 115 Å². The number of nitrogens with two attached hydrogens (primary N) is 1. The zero-order valence-corrected chi connectivity index (χ0v) is 11.6. The number of hydrogen-bond acceptors (Lipinski definition) is 5. The fourth-order valence-corrected chi connectivity index (χ4v) is 2.49. The van der Waals surface area contributed by atoms with Crippen LogP contribution < -0.4 is 11.2 Å². The molecule has 0 atom stereocenters. The molecule has 0 saturated heterocycles. The predicted octanol–water partition coefficient (Wildman–Crippen LogP) is 3.52. The van der Waals surface area contributed by atoms with E-state index in [1.807, 2.05) is 32.0 Å². The smallest absolute Gasteiger partial charge is 0.116 e.